The first-order valence-corrected chi connectivity index (χ1v) is 13.7. The van der Waals surface area contributed by atoms with Crippen LogP contribution in [-0.4, -0.2) is 56.9 Å². The number of piperidine rings is 2. The third-order valence-electron chi connectivity index (χ3n) is 12.4. The first-order valence-electron chi connectivity index (χ1n) is 13.7. The smallest absolute Gasteiger partial charge is 0.0916 e. The van der Waals surface area contributed by atoms with Crippen LogP contribution in [0.2, 0.25) is 0 Å². The summed E-state index contributed by atoms with van der Waals surface area (Å²) in [6.45, 7) is 8.39. The maximum Gasteiger partial charge on any atom is 0.0916 e. The lowest BCUT2D eigenvalue weighted by Gasteiger charge is -2.64. The van der Waals surface area contributed by atoms with Crippen LogP contribution in [-0.2, 0) is 0 Å². The highest BCUT2D eigenvalue weighted by atomic mass is 16.5. The molecule has 0 unspecified atom stereocenters. The van der Waals surface area contributed by atoms with Gasteiger partial charge in [0.1, 0.15) is 0 Å². The van der Waals surface area contributed by atoms with Gasteiger partial charge in [0.15, 0.2) is 0 Å². The molecule has 0 spiro atoms. The molecule has 0 bridgehead atoms. The summed E-state index contributed by atoms with van der Waals surface area (Å²) in [6.07, 6.45) is 7.60. The van der Waals surface area contributed by atoms with E-state index in [0.717, 1.165) is 45.1 Å². The van der Waals surface area contributed by atoms with Gasteiger partial charge >= 0.3 is 0 Å². The first-order chi connectivity index (χ1) is 15.1. The minimum atomic E-state index is -0.718. The van der Waals surface area contributed by atoms with Crippen LogP contribution in [0.5, 0.6) is 0 Å². The molecule has 0 aromatic rings. The zero-order valence-electron chi connectivity index (χ0n) is 20.3. The predicted molar refractivity (Wildman–Crippen MR) is 123 cm³/mol. The van der Waals surface area contributed by atoms with E-state index < -0.39 is 11.7 Å². The standard InChI is InChI=1S/C27H45NO4/c1-15-4-5-24-16(2)18-7-9-27(31)20(19(18)14-28(24,32)13-15)11-21-22(27)12-25(30)23-10-17(29)6-8-26(21,23)3/h15-25,29-31H,4-14H2,1-3H3/t15-,16-,17+,18-,19-,20+,21+,22-,23-,24+,25-,26-,27+,28-/m1/s1. The fraction of sp³-hybridized carbons (Fsp3) is 1.00. The van der Waals surface area contributed by atoms with E-state index in [2.05, 4.69) is 20.8 Å². The van der Waals surface area contributed by atoms with E-state index >= 15 is 0 Å². The second-order valence-electron chi connectivity index (χ2n) is 13.7. The van der Waals surface area contributed by atoms with Gasteiger partial charge in [-0.15, -0.1) is 0 Å². The van der Waals surface area contributed by atoms with Crippen molar-refractivity contribution in [3.8, 4) is 0 Å². The molecule has 0 radical (unpaired) electrons. The second kappa shape index (κ2) is 7.16. The average Bonchev–Trinajstić information content (AvgIpc) is 3.02. The Kier molecular flexibility index (Phi) is 4.99. The molecule has 2 aliphatic heterocycles. The summed E-state index contributed by atoms with van der Waals surface area (Å²) in [5.74, 6) is 2.74. The van der Waals surface area contributed by atoms with Crippen LogP contribution in [0.4, 0.5) is 0 Å². The maximum atomic E-state index is 14.2. The molecule has 0 aromatic heterocycles. The van der Waals surface area contributed by atoms with Crippen molar-refractivity contribution in [1.29, 1.82) is 0 Å². The highest BCUT2D eigenvalue weighted by molar-refractivity contribution is 5.17. The van der Waals surface area contributed by atoms with Crippen LogP contribution >= 0.6 is 0 Å². The van der Waals surface area contributed by atoms with E-state index in [4.69, 9.17) is 0 Å². The Morgan fingerprint density at radius 1 is 0.812 bits per heavy atom. The summed E-state index contributed by atoms with van der Waals surface area (Å²) in [6, 6.07) is 0.255. The van der Waals surface area contributed by atoms with E-state index in [0.29, 0.717) is 49.0 Å². The number of nitrogens with zero attached hydrogens (tertiary/aromatic N) is 1. The second-order valence-corrected chi connectivity index (χ2v) is 13.7. The van der Waals surface area contributed by atoms with Crippen molar-refractivity contribution in [3.63, 3.8) is 0 Å². The third kappa shape index (κ3) is 2.87. The molecule has 182 valence electrons. The van der Waals surface area contributed by atoms with Crippen LogP contribution in [0, 0.1) is 58.0 Å². The van der Waals surface area contributed by atoms with Crippen LogP contribution in [0.3, 0.4) is 0 Å². The van der Waals surface area contributed by atoms with E-state index in [1.165, 1.54) is 6.42 Å². The number of hydrogen-bond donors (Lipinski definition) is 3. The van der Waals surface area contributed by atoms with Gasteiger partial charge in [-0.3, -0.25) is 0 Å². The lowest BCUT2D eigenvalue weighted by atomic mass is 9.50. The Balaban J connectivity index is 1.34. The summed E-state index contributed by atoms with van der Waals surface area (Å²) < 4.78 is -0.0138. The molecular weight excluding hydrogens is 402 g/mol. The Labute approximate surface area is 193 Å². The fourth-order valence-corrected chi connectivity index (χ4v) is 10.9. The number of hydroxylamine groups is 3. The number of hydrogen-bond acceptors (Lipinski definition) is 4. The zero-order chi connectivity index (χ0) is 22.6. The lowest BCUT2D eigenvalue weighted by Crippen LogP contribution is -2.68. The normalized spacial score (nSPS) is 64.0. The largest absolute Gasteiger partial charge is 0.633 e. The number of quaternary nitrogens is 1. The molecular formula is C27H45NO4. The lowest BCUT2D eigenvalue weighted by molar-refractivity contribution is -0.929. The van der Waals surface area contributed by atoms with Gasteiger partial charge in [0.25, 0.3) is 0 Å². The molecule has 6 fully saturated rings. The summed E-state index contributed by atoms with van der Waals surface area (Å²) >= 11 is 0. The minimum Gasteiger partial charge on any atom is -0.633 e. The molecule has 14 atom stereocenters. The Hall–Kier alpha value is -0.200. The number of rotatable bonds is 0. The topological polar surface area (TPSA) is 83.8 Å². The van der Waals surface area contributed by atoms with Crippen LogP contribution < -0.4 is 0 Å². The van der Waals surface area contributed by atoms with Crippen LogP contribution in [0.25, 0.3) is 0 Å². The monoisotopic (exact) mass is 447 g/mol. The molecule has 2 heterocycles. The number of aliphatic hydroxyl groups excluding tert-OH is 2. The molecule has 4 saturated carbocycles. The van der Waals surface area contributed by atoms with Gasteiger partial charge in [-0.2, -0.15) is 0 Å². The molecule has 6 rings (SSSR count). The predicted octanol–water partition coefficient (Wildman–Crippen LogP) is 3.69. The van der Waals surface area contributed by atoms with Gasteiger partial charge in [0.2, 0.25) is 0 Å². The highest BCUT2D eigenvalue weighted by Gasteiger charge is 2.69. The van der Waals surface area contributed by atoms with Crippen molar-refractivity contribution >= 4 is 0 Å². The van der Waals surface area contributed by atoms with Gasteiger partial charge in [0, 0.05) is 24.2 Å². The maximum absolute atomic E-state index is 14.2. The summed E-state index contributed by atoms with van der Waals surface area (Å²) in [5.41, 5.74) is -0.722. The van der Waals surface area contributed by atoms with Crippen molar-refractivity contribution < 1.29 is 20.0 Å². The minimum absolute atomic E-state index is 0.00366. The number of fused-ring (bicyclic) bond motifs is 8. The van der Waals surface area contributed by atoms with Gasteiger partial charge < -0.3 is 25.2 Å². The van der Waals surface area contributed by atoms with E-state index in [1.807, 2.05) is 0 Å². The molecule has 4 aliphatic carbocycles. The average molecular weight is 448 g/mol. The molecule has 2 saturated heterocycles. The SMILES string of the molecule is C[C@@H]1CC[C@H]2[C@H](C)[C@H]3CC[C@@]4(O)[C@@H]5C[C@@H](O)[C@H]6C[C@@H](O)CC[C@]6(C)[C@H]5C[C@H]4[C@@H]3C[N@+]2([O-])C1. The van der Waals surface area contributed by atoms with Gasteiger partial charge in [-0.05, 0) is 86.4 Å². The molecule has 0 amide bonds. The van der Waals surface area contributed by atoms with Crippen LogP contribution in [0.15, 0.2) is 0 Å². The molecule has 5 nitrogen and oxygen atoms in total. The van der Waals surface area contributed by atoms with Crippen LogP contribution in [0.1, 0.15) is 78.6 Å². The zero-order valence-corrected chi connectivity index (χ0v) is 20.3. The van der Waals surface area contributed by atoms with E-state index in [1.54, 1.807) is 0 Å². The fourth-order valence-electron chi connectivity index (χ4n) is 10.9. The van der Waals surface area contributed by atoms with Crippen molar-refractivity contribution in [3.05, 3.63) is 5.21 Å². The molecule has 3 N–H and O–H groups in total. The van der Waals surface area contributed by atoms with Crippen molar-refractivity contribution in [2.45, 2.75) is 102 Å². The van der Waals surface area contributed by atoms with Crippen molar-refractivity contribution in [2.75, 3.05) is 13.1 Å². The van der Waals surface area contributed by atoms with E-state index in [9.17, 15) is 20.5 Å². The summed E-state index contributed by atoms with van der Waals surface area (Å²) in [4.78, 5) is 0. The van der Waals surface area contributed by atoms with Gasteiger partial charge in [0.05, 0.1) is 36.9 Å². The summed E-state index contributed by atoms with van der Waals surface area (Å²) in [7, 11) is 0. The molecule has 32 heavy (non-hydrogen) atoms. The first kappa shape index (κ1) is 22.3. The molecule has 6 aliphatic rings. The Morgan fingerprint density at radius 3 is 2.38 bits per heavy atom. The number of aliphatic hydroxyl groups is 3. The Bertz CT molecular complexity index is 762. The van der Waals surface area contributed by atoms with Gasteiger partial charge in [-0.25, -0.2) is 0 Å². The van der Waals surface area contributed by atoms with Gasteiger partial charge in [-0.1, -0.05) is 20.8 Å². The highest BCUT2D eigenvalue weighted by Crippen LogP contribution is 2.68. The molecule has 5 heteroatoms. The van der Waals surface area contributed by atoms with E-state index in [-0.39, 0.29) is 40.0 Å². The summed E-state index contributed by atoms with van der Waals surface area (Å²) in [5, 5.41) is 47.9. The van der Waals surface area contributed by atoms with Crippen molar-refractivity contribution in [2.24, 2.45) is 52.8 Å². The molecule has 0 aromatic carbocycles. The quantitative estimate of drug-likeness (QED) is 0.391. The third-order valence-corrected chi connectivity index (χ3v) is 12.4. The van der Waals surface area contributed by atoms with Crippen molar-refractivity contribution in [1.82, 2.24) is 0 Å². The Morgan fingerprint density at radius 2 is 1.59 bits per heavy atom.